The fourth-order valence-electron chi connectivity index (χ4n) is 2.55. The Kier molecular flexibility index (Phi) is 4.24. The Morgan fingerprint density at radius 3 is 2.89 bits per heavy atom. The van der Waals surface area contributed by atoms with E-state index < -0.39 is 23.1 Å². The first-order valence-corrected chi connectivity index (χ1v) is 8.65. The number of anilines is 1. The van der Waals surface area contributed by atoms with Crippen molar-refractivity contribution in [2.24, 2.45) is 0 Å². The molecule has 0 aliphatic rings. The number of amides is 1. The molecule has 1 aromatic carbocycles. The summed E-state index contributed by atoms with van der Waals surface area (Å²) in [5, 5.41) is 14.7. The van der Waals surface area contributed by atoms with E-state index in [9.17, 15) is 18.4 Å². The second-order valence-corrected chi connectivity index (χ2v) is 6.57. The van der Waals surface area contributed by atoms with Crippen LogP contribution >= 0.6 is 11.3 Å². The summed E-state index contributed by atoms with van der Waals surface area (Å²) >= 11 is 1.46. The van der Waals surface area contributed by atoms with Gasteiger partial charge in [-0.2, -0.15) is 10.2 Å². The zero-order valence-corrected chi connectivity index (χ0v) is 14.4. The van der Waals surface area contributed by atoms with Crippen LogP contribution in [0.5, 0.6) is 0 Å². The summed E-state index contributed by atoms with van der Waals surface area (Å²) in [6.07, 6.45) is -0.297. The Morgan fingerprint density at radius 2 is 2.11 bits per heavy atom. The molecule has 27 heavy (non-hydrogen) atoms. The highest BCUT2D eigenvalue weighted by Gasteiger charge is 2.16. The van der Waals surface area contributed by atoms with Crippen LogP contribution in [0.3, 0.4) is 0 Å². The molecule has 0 aliphatic carbocycles. The van der Waals surface area contributed by atoms with Crippen molar-refractivity contribution in [1.29, 1.82) is 0 Å². The summed E-state index contributed by atoms with van der Waals surface area (Å²) in [4.78, 5) is 25.1. The van der Waals surface area contributed by atoms with Crippen molar-refractivity contribution >= 4 is 28.4 Å². The molecule has 0 atom stereocenters. The van der Waals surface area contributed by atoms with Crippen LogP contribution in [0.1, 0.15) is 5.82 Å². The molecule has 10 heteroatoms. The molecule has 4 aromatic rings. The van der Waals surface area contributed by atoms with Gasteiger partial charge in [-0.05, 0) is 29.6 Å². The summed E-state index contributed by atoms with van der Waals surface area (Å²) in [5.41, 5.74) is 0.0699. The van der Waals surface area contributed by atoms with Crippen molar-refractivity contribution in [3.8, 4) is 10.6 Å². The largest absolute Gasteiger partial charge is 0.323 e. The van der Waals surface area contributed by atoms with Gasteiger partial charge < -0.3 is 5.32 Å². The van der Waals surface area contributed by atoms with Gasteiger partial charge in [0.25, 0.3) is 5.56 Å². The minimum absolute atomic E-state index is 0.154. The molecule has 7 nitrogen and oxygen atoms in total. The molecule has 0 unspecified atom stereocenters. The summed E-state index contributed by atoms with van der Waals surface area (Å²) in [6, 6.07) is 8.06. The third kappa shape index (κ3) is 3.34. The third-order valence-corrected chi connectivity index (χ3v) is 4.66. The lowest BCUT2D eigenvalue weighted by atomic mass is 10.2. The van der Waals surface area contributed by atoms with Crippen LogP contribution in [0.15, 0.2) is 46.6 Å². The summed E-state index contributed by atoms with van der Waals surface area (Å²) in [5.74, 6) is -1.91. The maximum absolute atomic E-state index is 13.7. The molecular formula is C17H11F2N5O2S. The normalized spacial score (nSPS) is 11.0. The highest BCUT2D eigenvalue weighted by molar-refractivity contribution is 7.13. The van der Waals surface area contributed by atoms with E-state index in [1.807, 2.05) is 17.5 Å². The standard InChI is InChI=1S/C17H11F2N5O2S/c18-9-3-4-10(19)11(6-9)20-16(25)8-15-21-22-17(26)13-7-12(23-24(13)15)14-2-1-5-27-14/h1-7H,8H2,(H,20,25)(H,22,26). The van der Waals surface area contributed by atoms with Crippen molar-refractivity contribution in [3.05, 3.63) is 69.6 Å². The Balaban J connectivity index is 1.65. The zero-order chi connectivity index (χ0) is 19.0. The van der Waals surface area contributed by atoms with E-state index in [2.05, 4.69) is 20.6 Å². The van der Waals surface area contributed by atoms with Crippen molar-refractivity contribution in [1.82, 2.24) is 19.8 Å². The predicted octanol–water partition coefficient (Wildman–Crippen LogP) is 2.61. The van der Waals surface area contributed by atoms with E-state index in [4.69, 9.17) is 0 Å². The van der Waals surface area contributed by atoms with E-state index in [0.29, 0.717) is 5.69 Å². The zero-order valence-electron chi connectivity index (χ0n) is 13.6. The number of carbonyl (C=O) groups excluding carboxylic acids is 1. The molecule has 2 N–H and O–H groups in total. The number of rotatable bonds is 4. The van der Waals surface area contributed by atoms with Crippen LogP contribution in [-0.2, 0) is 11.2 Å². The number of H-pyrrole nitrogens is 1. The minimum atomic E-state index is -0.761. The molecule has 0 spiro atoms. The van der Waals surface area contributed by atoms with Gasteiger partial charge in [0, 0.05) is 6.07 Å². The van der Waals surface area contributed by atoms with Crippen molar-refractivity contribution in [3.63, 3.8) is 0 Å². The van der Waals surface area contributed by atoms with Crippen LogP contribution in [0.4, 0.5) is 14.5 Å². The van der Waals surface area contributed by atoms with Gasteiger partial charge in [0.05, 0.1) is 17.0 Å². The summed E-state index contributed by atoms with van der Waals surface area (Å²) < 4.78 is 28.2. The van der Waals surface area contributed by atoms with Gasteiger partial charge in [0.1, 0.15) is 22.8 Å². The van der Waals surface area contributed by atoms with Gasteiger partial charge in [-0.25, -0.2) is 18.4 Å². The highest BCUT2D eigenvalue weighted by atomic mass is 32.1. The quantitative estimate of drug-likeness (QED) is 0.563. The molecule has 1 amide bonds. The predicted molar refractivity (Wildman–Crippen MR) is 95.6 cm³/mol. The topological polar surface area (TPSA) is 92.2 Å². The molecule has 136 valence electrons. The Bertz CT molecular complexity index is 1200. The molecule has 3 heterocycles. The number of fused-ring (bicyclic) bond motifs is 1. The van der Waals surface area contributed by atoms with Crippen LogP contribution in [0.2, 0.25) is 0 Å². The van der Waals surface area contributed by atoms with Gasteiger partial charge in [-0.1, -0.05) is 6.07 Å². The first-order chi connectivity index (χ1) is 13.0. The molecule has 0 fully saturated rings. The van der Waals surface area contributed by atoms with Gasteiger partial charge in [0.15, 0.2) is 5.82 Å². The van der Waals surface area contributed by atoms with Crippen molar-refractivity contribution in [2.45, 2.75) is 6.42 Å². The molecule has 0 radical (unpaired) electrons. The molecule has 0 saturated heterocycles. The monoisotopic (exact) mass is 387 g/mol. The second-order valence-electron chi connectivity index (χ2n) is 5.62. The van der Waals surface area contributed by atoms with Gasteiger partial charge in [-0.3, -0.25) is 9.59 Å². The lowest BCUT2D eigenvalue weighted by Crippen LogP contribution is -2.22. The Labute approximate surface area is 154 Å². The summed E-state index contributed by atoms with van der Waals surface area (Å²) in [6.45, 7) is 0. The average molecular weight is 387 g/mol. The van der Waals surface area contributed by atoms with Crippen molar-refractivity contribution < 1.29 is 13.6 Å². The van der Waals surface area contributed by atoms with E-state index in [0.717, 1.165) is 23.1 Å². The van der Waals surface area contributed by atoms with Gasteiger partial charge in [0.2, 0.25) is 5.91 Å². The SMILES string of the molecule is O=C(Cc1n[nH]c(=O)c2cc(-c3cccs3)nn12)Nc1cc(F)ccc1F. The van der Waals surface area contributed by atoms with Crippen LogP contribution in [0.25, 0.3) is 16.1 Å². The van der Waals surface area contributed by atoms with E-state index >= 15 is 0 Å². The van der Waals surface area contributed by atoms with E-state index in [-0.39, 0.29) is 23.4 Å². The number of hydrogen-bond acceptors (Lipinski definition) is 5. The fraction of sp³-hybridized carbons (Fsp3) is 0.0588. The molecule has 4 rings (SSSR count). The van der Waals surface area contributed by atoms with Gasteiger partial charge >= 0.3 is 0 Å². The molecule has 0 aliphatic heterocycles. The van der Waals surface area contributed by atoms with Crippen LogP contribution in [-0.4, -0.2) is 25.7 Å². The number of halogens is 2. The molecule has 3 aromatic heterocycles. The molecule has 0 bridgehead atoms. The van der Waals surface area contributed by atoms with E-state index in [1.165, 1.54) is 15.9 Å². The number of nitrogens with one attached hydrogen (secondary N) is 2. The fourth-order valence-corrected chi connectivity index (χ4v) is 3.23. The number of thiophene rings is 1. The first-order valence-electron chi connectivity index (χ1n) is 7.77. The lowest BCUT2D eigenvalue weighted by molar-refractivity contribution is -0.115. The Hall–Kier alpha value is -3.40. The number of nitrogens with zero attached hydrogens (tertiary/aromatic N) is 3. The molecular weight excluding hydrogens is 376 g/mol. The van der Waals surface area contributed by atoms with Crippen LogP contribution in [0, 0.1) is 11.6 Å². The van der Waals surface area contributed by atoms with Crippen LogP contribution < -0.4 is 10.9 Å². The lowest BCUT2D eigenvalue weighted by Gasteiger charge is -2.07. The highest BCUT2D eigenvalue weighted by Crippen LogP contribution is 2.24. The maximum Gasteiger partial charge on any atom is 0.290 e. The minimum Gasteiger partial charge on any atom is -0.323 e. The maximum atomic E-state index is 13.7. The number of aromatic amines is 1. The van der Waals surface area contributed by atoms with Crippen molar-refractivity contribution in [2.75, 3.05) is 5.32 Å². The Morgan fingerprint density at radius 1 is 1.26 bits per heavy atom. The first kappa shape index (κ1) is 17.0. The molecule has 0 saturated carbocycles. The third-order valence-electron chi connectivity index (χ3n) is 3.77. The second kappa shape index (κ2) is 6.72. The summed E-state index contributed by atoms with van der Waals surface area (Å²) in [7, 11) is 0. The number of benzene rings is 1. The number of hydrogen-bond donors (Lipinski definition) is 2. The van der Waals surface area contributed by atoms with E-state index in [1.54, 1.807) is 6.07 Å². The number of carbonyl (C=O) groups is 1. The average Bonchev–Trinajstić information content (AvgIpc) is 3.30. The number of aromatic nitrogens is 4. The smallest absolute Gasteiger partial charge is 0.290 e. The van der Waals surface area contributed by atoms with Gasteiger partial charge in [-0.15, -0.1) is 11.3 Å².